The van der Waals surface area contributed by atoms with E-state index in [0.717, 1.165) is 15.9 Å². The number of aryl methyl sites for hydroxylation is 2. The van der Waals surface area contributed by atoms with Gasteiger partial charge in [-0.1, -0.05) is 18.2 Å². The number of thiophene rings is 1. The maximum Gasteiger partial charge on any atom is 0.328 e. The van der Waals surface area contributed by atoms with E-state index in [1.807, 2.05) is 48.7 Å². The highest BCUT2D eigenvalue weighted by atomic mass is 32.1. The van der Waals surface area contributed by atoms with Crippen LogP contribution in [0.2, 0.25) is 0 Å². The van der Waals surface area contributed by atoms with Crippen LogP contribution in [0.15, 0.2) is 46.6 Å². The third kappa shape index (κ3) is 3.07. The molecule has 1 amide bonds. The standard InChI is InChI=1S/C17H19N3O2S/c1-12(15-8-5-11-23-15)18-16(21)9-10-20-14-7-4-3-6-13(14)19(2)17(20)22/h3-8,11-12H,9-10H2,1-2H3,(H,18,21)/t12-/m1/s1. The van der Waals surface area contributed by atoms with Crippen molar-refractivity contribution in [2.45, 2.75) is 25.9 Å². The van der Waals surface area contributed by atoms with Gasteiger partial charge in [0.2, 0.25) is 5.91 Å². The summed E-state index contributed by atoms with van der Waals surface area (Å²) in [7, 11) is 1.75. The highest BCUT2D eigenvalue weighted by Crippen LogP contribution is 2.18. The molecular weight excluding hydrogens is 310 g/mol. The summed E-state index contributed by atoms with van der Waals surface area (Å²) in [4.78, 5) is 25.6. The topological polar surface area (TPSA) is 56.0 Å². The van der Waals surface area contributed by atoms with Gasteiger partial charge in [0.1, 0.15) is 0 Å². The molecule has 1 aromatic carbocycles. The maximum atomic E-state index is 12.3. The van der Waals surface area contributed by atoms with Gasteiger partial charge in [0.05, 0.1) is 17.1 Å². The lowest BCUT2D eigenvalue weighted by Crippen LogP contribution is -2.29. The molecule has 0 fully saturated rings. The summed E-state index contributed by atoms with van der Waals surface area (Å²) in [5.74, 6) is -0.0502. The van der Waals surface area contributed by atoms with Gasteiger partial charge in [0.15, 0.2) is 0 Å². The molecule has 2 aromatic heterocycles. The molecule has 1 N–H and O–H groups in total. The molecule has 0 aliphatic carbocycles. The van der Waals surface area contributed by atoms with Gasteiger partial charge in [-0.3, -0.25) is 13.9 Å². The van der Waals surface area contributed by atoms with Gasteiger partial charge in [-0.15, -0.1) is 11.3 Å². The Kier molecular flexibility index (Phi) is 4.34. The van der Waals surface area contributed by atoms with Crippen molar-refractivity contribution < 1.29 is 4.79 Å². The van der Waals surface area contributed by atoms with E-state index in [9.17, 15) is 9.59 Å². The number of rotatable bonds is 5. The minimum atomic E-state index is -0.0923. The molecule has 0 spiro atoms. The quantitative estimate of drug-likeness (QED) is 0.782. The fourth-order valence-corrected chi connectivity index (χ4v) is 3.45. The zero-order valence-electron chi connectivity index (χ0n) is 13.2. The zero-order chi connectivity index (χ0) is 16.4. The predicted octanol–water partition coefficient (Wildman–Crippen LogP) is 2.67. The summed E-state index contributed by atoms with van der Waals surface area (Å²) in [5, 5.41) is 4.97. The van der Waals surface area contributed by atoms with Crippen molar-refractivity contribution in [2.24, 2.45) is 7.05 Å². The number of imidazole rings is 1. The van der Waals surface area contributed by atoms with Gasteiger partial charge in [0, 0.05) is 24.9 Å². The van der Waals surface area contributed by atoms with Crippen LogP contribution in [-0.2, 0) is 18.4 Å². The molecular formula is C17H19N3O2S. The first-order valence-corrected chi connectivity index (χ1v) is 8.43. The van der Waals surface area contributed by atoms with Gasteiger partial charge in [-0.05, 0) is 30.5 Å². The summed E-state index contributed by atoms with van der Waals surface area (Å²) >= 11 is 1.62. The first-order valence-electron chi connectivity index (χ1n) is 7.55. The number of benzene rings is 1. The lowest BCUT2D eigenvalue weighted by Gasteiger charge is -2.12. The molecule has 0 aliphatic heterocycles. The third-order valence-electron chi connectivity index (χ3n) is 3.96. The number of para-hydroxylation sites is 2. The normalized spacial score (nSPS) is 12.4. The lowest BCUT2D eigenvalue weighted by atomic mass is 10.2. The Morgan fingerprint density at radius 2 is 1.96 bits per heavy atom. The number of carbonyl (C=O) groups excluding carboxylic acids is 1. The Bertz CT molecular complexity index is 877. The van der Waals surface area contributed by atoms with E-state index in [1.54, 1.807) is 27.5 Å². The summed E-state index contributed by atoms with van der Waals surface area (Å²) in [5.41, 5.74) is 1.65. The van der Waals surface area contributed by atoms with E-state index in [1.165, 1.54) is 0 Å². The van der Waals surface area contributed by atoms with Crippen molar-refractivity contribution in [1.82, 2.24) is 14.5 Å². The van der Waals surface area contributed by atoms with Crippen LogP contribution in [-0.4, -0.2) is 15.0 Å². The molecule has 3 aromatic rings. The van der Waals surface area contributed by atoms with E-state index in [0.29, 0.717) is 6.54 Å². The molecule has 5 nitrogen and oxygen atoms in total. The van der Waals surface area contributed by atoms with E-state index in [4.69, 9.17) is 0 Å². The minimum absolute atomic E-state index is 0.00765. The molecule has 0 saturated heterocycles. The van der Waals surface area contributed by atoms with Gasteiger partial charge in [-0.25, -0.2) is 4.79 Å². The molecule has 0 unspecified atom stereocenters. The molecule has 0 saturated carbocycles. The van der Waals surface area contributed by atoms with E-state index < -0.39 is 0 Å². The molecule has 6 heteroatoms. The molecule has 0 bridgehead atoms. The van der Waals surface area contributed by atoms with Crippen LogP contribution in [0.3, 0.4) is 0 Å². The number of fused-ring (bicyclic) bond motifs is 1. The second-order valence-electron chi connectivity index (χ2n) is 5.54. The van der Waals surface area contributed by atoms with E-state index in [-0.39, 0.29) is 24.1 Å². The zero-order valence-corrected chi connectivity index (χ0v) is 14.0. The van der Waals surface area contributed by atoms with Crippen molar-refractivity contribution in [2.75, 3.05) is 0 Å². The summed E-state index contributed by atoms with van der Waals surface area (Å²) < 4.78 is 3.27. The fourth-order valence-electron chi connectivity index (χ4n) is 2.72. The van der Waals surface area contributed by atoms with Gasteiger partial charge >= 0.3 is 5.69 Å². The summed E-state index contributed by atoms with van der Waals surface area (Å²) in [6.07, 6.45) is 0.281. The first-order chi connectivity index (χ1) is 11.1. The van der Waals surface area contributed by atoms with Crippen LogP contribution in [0.4, 0.5) is 0 Å². The van der Waals surface area contributed by atoms with Crippen molar-refractivity contribution in [3.8, 4) is 0 Å². The number of nitrogens with zero attached hydrogens (tertiary/aromatic N) is 2. The number of amides is 1. The van der Waals surface area contributed by atoms with Gasteiger partial charge < -0.3 is 5.32 Å². The molecule has 120 valence electrons. The fraction of sp³-hybridized carbons (Fsp3) is 0.294. The highest BCUT2D eigenvalue weighted by Gasteiger charge is 2.13. The molecule has 3 rings (SSSR count). The second kappa shape index (κ2) is 6.42. The van der Waals surface area contributed by atoms with Crippen LogP contribution in [0.1, 0.15) is 24.3 Å². The first kappa shape index (κ1) is 15.6. The Morgan fingerprint density at radius 1 is 1.22 bits per heavy atom. The lowest BCUT2D eigenvalue weighted by molar-refractivity contribution is -0.121. The van der Waals surface area contributed by atoms with Crippen LogP contribution >= 0.6 is 11.3 Å². The van der Waals surface area contributed by atoms with Gasteiger partial charge in [0.25, 0.3) is 0 Å². The molecule has 0 radical (unpaired) electrons. The van der Waals surface area contributed by atoms with Crippen LogP contribution < -0.4 is 11.0 Å². The molecule has 1 atom stereocenters. The average molecular weight is 329 g/mol. The average Bonchev–Trinajstić information content (AvgIpc) is 3.15. The number of hydrogen-bond donors (Lipinski definition) is 1. The maximum absolute atomic E-state index is 12.3. The number of nitrogens with one attached hydrogen (secondary N) is 1. The molecule has 23 heavy (non-hydrogen) atoms. The van der Waals surface area contributed by atoms with Gasteiger partial charge in [-0.2, -0.15) is 0 Å². The minimum Gasteiger partial charge on any atom is -0.349 e. The van der Waals surface area contributed by atoms with Crippen molar-refractivity contribution in [3.63, 3.8) is 0 Å². The highest BCUT2D eigenvalue weighted by molar-refractivity contribution is 7.10. The Labute approximate surface area is 138 Å². The van der Waals surface area contributed by atoms with Crippen molar-refractivity contribution >= 4 is 28.3 Å². The predicted molar refractivity (Wildman–Crippen MR) is 92.7 cm³/mol. The van der Waals surface area contributed by atoms with Crippen molar-refractivity contribution in [1.29, 1.82) is 0 Å². The number of hydrogen-bond acceptors (Lipinski definition) is 3. The van der Waals surface area contributed by atoms with Crippen LogP contribution in [0.5, 0.6) is 0 Å². The summed E-state index contributed by atoms with van der Waals surface area (Å²) in [6, 6.07) is 11.6. The Morgan fingerprint density at radius 3 is 2.65 bits per heavy atom. The smallest absolute Gasteiger partial charge is 0.328 e. The Hall–Kier alpha value is -2.34. The van der Waals surface area contributed by atoms with Crippen LogP contribution in [0.25, 0.3) is 11.0 Å². The van der Waals surface area contributed by atoms with E-state index >= 15 is 0 Å². The monoisotopic (exact) mass is 329 g/mol. The molecule has 2 heterocycles. The SMILES string of the molecule is C[C@@H](NC(=O)CCn1c(=O)n(C)c2ccccc21)c1cccs1. The van der Waals surface area contributed by atoms with Crippen LogP contribution in [0, 0.1) is 0 Å². The molecule has 0 aliphatic rings. The largest absolute Gasteiger partial charge is 0.349 e. The van der Waals surface area contributed by atoms with Crippen molar-refractivity contribution in [3.05, 3.63) is 57.1 Å². The third-order valence-corrected chi connectivity index (χ3v) is 5.02. The number of aromatic nitrogens is 2. The number of carbonyl (C=O) groups is 1. The Balaban J connectivity index is 1.70. The summed E-state index contributed by atoms with van der Waals surface area (Å²) in [6.45, 7) is 2.34. The van der Waals surface area contributed by atoms with E-state index in [2.05, 4.69) is 5.32 Å². The second-order valence-corrected chi connectivity index (χ2v) is 6.52.